The van der Waals surface area contributed by atoms with Crippen molar-refractivity contribution in [3.8, 4) is 0 Å². The van der Waals surface area contributed by atoms with Crippen LogP contribution in [0.5, 0.6) is 0 Å². The first-order valence-corrected chi connectivity index (χ1v) is 3.53. The van der Waals surface area contributed by atoms with Crippen molar-refractivity contribution in [2.75, 3.05) is 0 Å². The van der Waals surface area contributed by atoms with E-state index < -0.39 is 0 Å². The normalized spacial score (nSPS) is 14.2. The molecule has 0 radical (unpaired) electrons. The van der Waals surface area contributed by atoms with Crippen molar-refractivity contribution in [3.63, 3.8) is 0 Å². The van der Waals surface area contributed by atoms with Gasteiger partial charge in [0, 0.05) is 0 Å². The Morgan fingerprint density at radius 2 is 1.78 bits per heavy atom. The van der Waals surface area contributed by atoms with E-state index in [0.29, 0.717) is 0 Å². The van der Waals surface area contributed by atoms with Crippen LogP contribution in [0.1, 0.15) is 19.3 Å². The van der Waals surface area contributed by atoms with Crippen LogP contribution >= 0.6 is 0 Å². The second kappa shape index (κ2) is 9.49. The molecule has 1 rings (SSSR count). The predicted octanol–water partition coefficient (Wildman–Crippen LogP) is -7.39. The van der Waals surface area contributed by atoms with Crippen molar-refractivity contribution in [2.45, 2.75) is 19.3 Å². The Hall–Kier alpha value is 1.49. The van der Waals surface area contributed by atoms with Crippen LogP contribution in [-0.2, 0) is 24.7 Å². The summed E-state index contributed by atoms with van der Waals surface area (Å²) in [7, 11) is 0. The average Bonchev–Trinajstić information content (AvgIpc) is 1.86. The summed E-state index contributed by atoms with van der Waals surface area (Å²) in [6, 6.07) is 0. The molecule has 0 amide bonds. The third kappa shape index (κ3) is 7.39. The van der Waals surface area contributed by atoms with Crippen LogP contribution in [0.3, 0.4) is 0 Å². The third-order valence-electron chi connectivity index (χ3n) is 1.04. The maximum atomic E-state index is 2.36. The summed E-state index contributed by atoms with van der Waals surface area (Å²) in [6.45, 7) is 0. The molecule has 0 aliphatic heterocycles. The van der Waals surface area contributed by atoms with Gasteiger partial charge in [-0.1, -0.05) is 0 Å². The zero-order valence-corrected chi connectivity index (χ0v) is 9.56. The molecule has 0 aromatic carbocycles. The Kier molecular flexibility index (Phi) is 17.8. The van der Waals surface area contributed by atoms with Gasteiger partial charge in [0.15, 0.2) is 0 Å². The number of hydrogen-bond acceptors (Lipinski definition) is 0. The van der Waals surface area contributed by atoms with Gasteiger partial charge in [0.2, 0.25) is 0 Å². The van der Waals surface area contributed by atoms with Crippen LogP contribution in [-0.4, -0.2) is 0 Å². The van der Waals surface area contributed by atoms with Crippen molar-refractivity contribution < 1.29 is 61.9 Å². The van der Waals surface area contributed by atoms with E-state index in [0.717, 1.165) is 0 Å². The van der Waals surface area contributed by atoms with Crippen molar-refractivity contribution in [1.82, 2.24) is 0 Å². The first-order valence-electron chi connectivity index (χ1n) is 2.30. The van der Waals surface area contributed by atoms with Gasteiger partial charge in [0.25, 0.3) is 0 Å². The summed E-state index contributed by atoms with van der Waals surface area (Å²) in [5, 5.41) is 0. The summed E-state index contributed by atoms with van der Waals surface area (Å²) in [5.41, 5.74) is 0. The van der Waals surface area contributed by atoms with E-state index in [-0.39, 0.29) is 37.2 Å². The van der Waals surface area contributed by atoms with E-state index in [4.69, 9.17) is 0 Å². The maximum absolute atomic E-state index is 2.36. The molecule has 0 saturated carbocycles. The van der Waals surface area contributed by atoms with E-state index in [1.165, 1.54) is 19.3 Å². The summed E-state index contributed by atoms with van der Waals surface area (Å²) >= 11 is 1.63. The number of rotatable bonds is 0. The van der Waals surface area contributed by atoms with Crippen LogP contribution < -0.4 is 37.2 Å². The molecule has 9 heavy (non-hydrogen) atoms. The summed E-state index contributed by atoms with van der Waals surface area (Å²) in [6.07, 6.45) is 6.51. The van der Waals surface area contributed by atoms with E-state index in [2.05, 4.69) is 6.08 Å². The molecule has 0 nitrogen and oxygen atoms in total. The fourth-order valence-electron chi connectivity index (χ4n) is 0.671. The van der Waals surface area contributed by atoms with Gasteiger partial charge in [-0.25, -0.2) is 0 Å². The van der Waals surface area contributed by atoms with Gasteiger partial charge in [-0.05, 0) is 0 Å². The van der Waals surface area contributed by atoms with Crippen molar-refractivity contribution in [3.05, 3.63) is 9.36 Å². The molecule has 1 aliphatic rings. The number of halogens is 3. The van der Waals surface area contributed by atoms with Gasteiger partial charge in [0.05, 0.1) is 0 Å². The SMILES string of the molecule is [Cl-].[Cl-].[Cl-].[Zr+3][C]1=CCCC1. The molecule has 0 aromatic rings. The monoisotopic (exact) mass is 262 g/mol. The van der Waals surface area contributed by atoms with E-state index >= 15 is 0 Å². The molecule has 52 valence electrons. The van der Waals surface area contributed by atoms with Crippen LogP contribution in [0.15, 0.2) is 9.36 Å². The fourth-order valence-corrected chi connectivity index (χ4v) is 1.46. The van der Waals surface area contributed by atoms with Crippen LogP contribution in [0.2, 0.25) is 0 Å². The molecular formula is C5H7Cl3Zr. The van der Waals surface area contributed by atoms with Gasteiger partial charge < -0.3 is 37.2 Å². The van der Waals surface area contributed by atoms with Crippen molar-refractivity contribution >= 4 is 0 Å². The average molecular weight is 265 g/mol. The Morgan fingerprint density at radius 3 is 1.89 bits per heavy atom. The van der Waals surface area contributed by atoms with Gasteiger partial charge in [0.1, 0.15) is 0 Å². The predicted molar refractivity (Wildman–Crippen MR) is 21.9 cm³/mol. The fraction of sp³-hybridized carbons (Fsp3) is 0.600. The standard InChI is InChI=1S/C5H7.3ClH.Zr/c1-2-4-5-3-1;;;;/h1H,2,4-5H2;3*1H;/q;;;;+3/p-3. The molecule has 0 fully saturated rings. The molecule has 0 spiro atoms. The summed E-state index contributed by atoms with van der Waals surface area (Å²) < 4.78 is 1.67. The Morgan fingerprint density at radius 1 is 1.22 bits per heavy atom. The second-order valence-electron chi connectivity index (χ2n) is 1.62. The molecule has 0 atom stereocenters. The quantitative estimate of drug-likeness (QED) is 0.408. The first kappa shape index (κ1) is 16.8. The molecule has 4 heteroatoms. The van der Waals surface area contributed by atoms with Gasteiger partial charge in [-0.3, -0.25) is 0 Å². The zero-order chi connectivity index (χ0) is 4.41. The summed E-state index contributed by atoms with van der Waals surface area (Å²) in [4.78, 5) is 0. The molecule has 0 bridgehead atoms. The Balaban J connectivity index is -0.000000120. The van der Waals surface area contributed by atoms with Gasteiger partial charge >= 0.3 is 53.3 Å². The minimum atomic E-state index is 0. The van der Waals surface area contributed by atoms with E-state index in [1.54, 1.807) is 28.0 Å². The molecule has 1 aliphatic carbocycles. The molecule has 0 saturated heterocycles. The Labute approximate surface area is 89.9 Å². The van der Waals surface area contributed by atoms with Crippen LogP contribution in [0.4, 0.5) is 0 Å². The van der Waals surface area contributed by atoms with Crippen LogP contribution in [0.25, 0.3) is 0 Å². The molecule has 0 heterocycles. The molecule has 0 aromatic heterocycles. The molecule has 0 unspecified atom stereocenters. The zero-order valence-electron chi connectivity index (χ0n) is 4.83. The van der Waals surface area contributed by atoms with Crippen molar-refractivity contribution in [2.24, 2.45) is 0 Å². The number of hydrogen-bond donors (Lipinski definition) is 0. The molecule has 0 N–H and O–H groups in total. The van der Waals surface area contributed by atoms with E-state index in [9.17, 15) is 0 Å². The topological polar surface area (TPSA) is 0 Å². The Bertz CT molecular complexity index is 82.3. The van der Waals surface area contributed by atoms with Gasteiger partial charge in [-0.2, -0.15) is 0 Å². The molecular weight excluding hydrogens is 258 g/mol. The van der Waals surface area contributed by atoms with E-state index in [1.807, 2.05) is 0 Å². The summed E-state index contributed by atoms with van der Waals surface area (Å²) in [5.74, 6) is 0. The number of allylic oxidation sites excluding steroid dienone is 2. The minimum absolute atomic E-state index is 0. The first-order chi connectivity index (χ1) is 2.89. The van der Waals surface area contributed by atoms with Crippen molar-refractivity contribution in [1.29, 1.82) is 0 Å². The second-order valence-corrected chi connectivity index (χ2v) is 3.20. The van der Waals surface area contributed by atoms with Gasteiger partial charge in [-0.15, -0.1) is 0 Å². The third-order valence-corrected chi connectivity index (χ3v) is 2.16. The van der Waals surface area contributed by atoms with Crippen LogP contribution in [0, 0.1) is 0 Å².